The van der Waals surface area contributed by atoms with E-state index in [-0.39, 0.29) is 0 Å². The highest BCUT2D eigenvalue weighted by atomic mass is 35.5. The summed E-state index contributed by atoms with van der Waals surface area (Å²) in [5.41, 5.74) is 8.29. The number of H-pyrrole nitrogens is 2. The van der Waals surface area contributed by atoms with E-state index in [1.54, 1.807) is 12.4 Å². The zero-order valence-corrected chi connectivity index (χ0v) is 33.9. The summed E-state index contributed by atoms with van der Waals surface area (Å²) in [5.74, 6) is 1.81. The molecule has 4 heterocycles. The quantitative estimate of drug-likeness (QED) is 0.107. The van der Waals surface area contributed by atoms with E-state index in [0.29, 0.717) is 10.0 Å². The van der Waals surface area contributed by atoms with E-state index in [1.165, 1.54) is 0 Å². The summed E-state index contributed by atoms with van der Waals surface area (Å²) in [6.45, 7) is 10.1. The third kappa shape index (κ3) is 9.11. The Hall–Kier alpha value is -5.12. The van der Waals surface area contributed by atoms with E-state index in [2.05, 4.69) is 118 Å². The number of aromatic nitrogens is 4. The number of nitrogens with zero attached hydrogens (tertiary/aromatic N) is 4. The van der Waals surface area contributed by atoms with E-state index in [1.807, 2.05) is 36.4 Å². The van der Waals surface area contributed by atoms with Gasteiger partial charge in [-0.15, -0.1) is 0 Å². The molecular formula is C46H48Cl2N6O2. The number of hydrogen-bond acceptors (Lipinski definition) is 6. The molecule has 8 aromatic rings. The molecule has 0 fully saturated rings. The molecule has 0 saturated heterocycles. The number of nitrogens with one attached hydrogen (secondary N) is 2. The van der Waals surface area contributed by atoms with E-state index in [4.69, 9.17) is 32.7 Å². The number of hydrogen-bond donors (Lipinski definition) is 2. The van der Waals surface area contributed by atoms with Crippen LogP contribution in [0.2, 0.25) is 10.0 Å². The molecule has 0 radical (unpaired) electrons. The Morgan fingerprint density at radius 1 is 0.554 bits per heavy atom. The maximum atomic E-state index is 6.42. The molecule has 0 aliphatic heterocycles. The third-order valence-electron chi connectivity index (χ3n) is 10.1. The minimum absolute atomic E-state index is 0.713. The van der Waals surface area contributed by atoms with Crippen LogP contribution in [0.3, 0.4) is 0 Å². The highest BCUT2D eigenvalue weighted by molar-refractivity contribution is 6.38. The zero-order chi connectivity index (χ0) is 39.0. The van der Waals surface area contributed by atoms with Crippen molar-refractivity contribution in [3.05, 3.63) is 120 Å². The molecule has 8 rings (SSSR count). The standard InChI is InChI=1S/C24H26ClN3O.C22H22ClN3O/c1-3-28(4-2)14-5-15-29-19-9-6-17(7-10-19)18-8-11-22-20(16-18)23-21(25)12-13-26-24(23)27-22;1-26(2)12-3-13-27-17-7-4-15(5-8-17)16-6-9-20-18(14-16)21-19(23)10-11-24-22(21)25-20/h6-13,16H,3-5,14-15H2,1-2H3,(H,26,27);4-11,14H,3,12-13H2,1-2H3,(H,24,25). The van der Waals surface area contributed by atoms with Gasteiger partial charge < -0.3 is 29.2 Å². The van der Waals surface area contributed by atoms with Gasteiger partial charge in [0.15, 0.2) is 0 Å². The monoisotopic (exact) mass is 786 g/mol. The highest BCUT2D eigenvalue weighted by Crippen LogP contribution is 2.35. The minimum Gasteiger partial charge on any atom is -0.494 e. The maximum absolute atomic E-state index is 6.42. The Morgan fingerprint density at radius 2 is 0.982 bits per heavy atom. The van der Waals surface area contributed by atoms with Gasteiger partial charge in [-0.25, -0.2) is 9.97 Å². The fourth-order valence-electron chi connectivity index (χ4n) is 6.99. The van der Waals surface area contributed by atoms with Crippen LogP contribution in [0.1, 0.15) is 26.7 Å². The molecule has 288 valence electrons. The zero-order valence-electron chi connectivity index (χ0n) is 32.4. The summed E-state index contributed by atoms with van der Waals surface area (Å²) in [6.07, 6.45) is 5.50. The van der Waals surface area contributed by atoms with Crippen molar-refractivity contribution in [1.29, 1.82) is 0 Å². The molecule has 0 aliphatic rings. The molecule has 0 unspecified atom stereocenters. The number of halogens is 2. The van der Waals surface area contributed by atoms with Crippen molar-refractivity contribution in [3.8, 4) is 33.8 Å². The average molecular weight is 788 g/mol. The van der Waals surface area contributed by atoms with Gasteiger partial charge in [-0.2, -0.15) is 0 Å². The second-order valence-corrected chi connectivity index (χ2v) is 14.9. The molecule has 0 saturated carbocycles. The molecule has 56 heavy (non-hydrogen) atoms. The normalized spacial score (nSPS) is 11.6. The fraction of sp³-hybridized carbons (Fsp3) is 0.261. The molecule has 0 spiro atoms. The Kier molecular flexibility index (Phi) is 12.7. The first-order valence-corrected chi connectivity index (χ1v) is 20.0. The first-order valence-electron chi connectivity index (χ1n) is 19.3. The lowest BCUT2D eigenvalue weighted by Crippen LogP contribution is -2.25. The molecule has 2 N–H and O–H groups in total. The van der Waals surface area contributed by atoms with Crippen LogP contribution in [0, 0.1) is 0 Å². The summed E-state index contributed by atoms with van der Waals surface area (Å²) >= 11 is 12.8. The Labute approximate surface area is 338 Å². The molecule has 4 aromatic heterocycles. The van der Waals surface area contributed by atoms with Gasteiger partial charge >= 0.3 is 0 Å². The minimum atomic E-state index is 0.713. The number of benzene rings is 4. The average Bonchev–Trinajstić information content (AvgIpc) is 3.79. The highest BCUT2D eigenvalue weighted by Gasteiger charge is 2.12. The predicted octanol–water partition coefficient (Wildman–Crippen LogP) is 11.5. The van der Waals surface area contributed by atoms with Crippen molar-refractivity contribution in [3.63, 3.8) is 0 Å². The van der Waals surface area contributed by atoms with Crippen molar-refractivity contribution >= 4 is 67.1 Å². The molecule has 0 amide bonds. The van der Waals surface area contributed by atoms with Crippen LogP contribution in [0.5, 0.6) is 11.5 Å². The van der Waals surface area contributed by atoms with Gasteiger partial charge in [-0.3, -0.25) is 0 Å². The van der Waals surface area contributed by atoms with Crippen molar-refractivity contribution < 1.29 is 9.47 Å². The van der Waals surface area contributed by atoms with Crippen molar-refractivity contribution in [2.24, 2.45) is 0 Å². The molecule has 10 heteroatoms. The van der Waals surface area contributed by atoms with Crippen molar-refractivity contribution in [2.75, 3.05) is 53.5 Å². The van der Waals surface area contributed by atoms with Crippen molar-refractivity contribution in [2.45, 2.75) is 26.7 Å². The SMILES string of the molecule is CCN(CC)CCCOc1ccc(-c2ccc3[nH]c4nccc(Cl)c4c3c2)cc1.CN(C)CCCOc1ccc(-c2ccc3[nH]c4nccc(Cl)c4c3c2)cc1. The lowest BCUT2D eigenvalue weighted by Gasteiger charge is -2.17. The van der Waals surface area contributed by atoms with Gasteiger partial charge in [0, 0.05) is 58.1 Å². The second kappa shape index (κ2) is 18.2. The summed E-state index contributed by atoms with van der Waals surface area (Å²) in [6, 6.07) is 32.9. The lowest BCUT2D eigenvalue weighted by atomic mass is 10.0. The Morgan fingerprint density at radius 3 is 1.41 bits per heavy atom. The van der Waals surface area contributed by atoms with Gasteiger partial charge in [-0.05, 0) is 123 Å². The predicted molar refractivity (Wildman–Crippen MR) is 235 cm³/mol. The van der Waals surface area contributed by atoms with Crippen LogP contribution in [0.15, 0.2) is 109 Å². The first-order chi connectivity index (χ1) is 27.3. The van der Waals surface area contributed by atoms with Crippen molar-refractivity contribution in [1.82, 2.24) is 29.7 Å². The number of fused-ring (bicyclic) bond motifs is 6. The topological polar surface area (TPSA) is 82.3 Å². The Bertz CT molecular complexity index is 2530. The number of rotatable bonds is 14. The van der Waals surface area contributed by atoms with Gasteiger partial charge in [0.05, 0.1) is 23.3 Å². The van der Waals surface area contributed by atoms with Gasteiger partial charge in [0.25, 0.3) is 0 Å². The van der Waals surface area contributed by atoms with Crippen LogP contribution in [-0.2, 0) is 0 Å². The summed E-state index contributed by atoms with van der Waals surface area (Å²) in [5, 5.41) is 5.55. The van der Waals surface area contributed by atoms with E-state index in [0.717, 1.165) is 130 Å². The fourth-order valence-corrected chi connectivity index (χ4v) is 7.48. The first kappa shape index (κ1) is 39.1. The molecule has 0 bridgehead atoms. The Balaban J connectivity index is 0.000000172. The summed E-state index contributed by atoms with van der Waals surface area (Å²) in [4.78, 5) is 20.0. The molecule has 0 atom stereocenters. The molecular weight excluding hydrogens is 739 g/mol. The van der Waals surface area contributed by atoms with E-state index >= 15 is 0 Å². The largest absolute Gasteiger partial charge is 0.494 e. The summed E-state index contributed by atoms with van der Waals surface area (Å²) < 4.78 is 11.7. The summed E-state index contributed by atoms with van der Waals surface area (Å²) in [7, 11) is 4.14. The van der Waals surface area contributed by atoms with Crippen LogP contribution in [-0.4, -0.2) is 83.2 Å². The van der Waals surface area contributed by atoms with Gasteiger partial charge in [0.2, 0.25) is 0 Å². The number of ether oxygens (including phenoxy) is 2. The van der Waals surface area contributed by atoms with Crippen LogP contribution < -0.4 is 9.47 Å². The van der Waals surface area contributed by atoms with E-state index < -0.39 is 0 Å². The lowest BCUT2D eigenvalue weighted by molar-refractivity contribution is 0.249. The number of pyridine rings is 2. The third-order valence-corrected chi connectivity index (χ3v) is 10.7. The van der Waals surface area contributed by atoms with Crippen LogP contribution in [0.4, 0.5) is 0 Å². The number of aromatic amines is 2. The van der Waals surface area contributed by atoms with Gasteiger partial charge in [0.1, 0.15) is 22.8 Å². The van der Waals surface area contributed by atoms with Crippen LogP contribution in [0.25, 0.3) is 66.1 Å². The maximum Gasteiger partial charge on any atom is 0.139 e. The van der Waals surface area contributed by atoms with Gasteiger partial charge in [-0.1, -0.05) is 73.4 Å². The molecule has 8 nitrogen and oxygen atoms in total. The smallest absolute Gasteiger partial charge is 0.139 e. The second-order valence-electron chi connectivity index (χ2n) is 14.1. The molecule has 4 aromatic carbocycles. The van der Waals surface area contributed by atoms with Crippen LogP contribution >= 0.6 is 23.2 Å². The molecule has 0 aliphatic carbocycles. The van der Waals surface area contributed by atoms with E-state index in [9.17, 15) is 0 Å².